The van der Waals surface area contributed by atoms with Gasteiger partial charge in [-0.15, -0.1) is 0 Å². The molecule has 0 bridgehead atoms. The van der Waals surface area contributed by atoms with E-state index in [9.17, 15) is 0 Å². The summed E-state index contributed by atoms with van der Waals surface area (Å²) in [6.45, 7) is 2.07. The van der Waals surface area contributed by atoms with Crippen molar-refractivity contribution in [2.45, 2.75) is 24.9 Å². The van der Waals surface area contributed by atoms with Gasteiger partial charge in [-0.1, -0.05) is 5.16 Å². The number of anilines is 2. The van der Waals surface area contributed by atoms with E-state index < -0.39 is 0 Å². The molecule has 2 aliphatic rings. The largest absolute Gasteiger partial charge is 0.369 e. The summed E-state index contributed by atoms with van der Waals surface area (Å²) in [5.41, 5.74) is 2.69. The van der Waals surface area contributed by atoms with Crippen LogP contribution in [0, 0.1) is 0 Å². The van der Waals surface area contributed by atoms with E-state index in [2.05, 4.69) is 31.7 Å². The Morgan fingerprint density at radius 2 is 2.42 bits per heavy atom. The Hall–Kier alpha value is -1.82. The molecule has 19 heavy (non-hydrogen) atoms. The highest BCUT2D eigenvalue weighted by Crippen LogP contribution is 2.33. The summed E-state index contributed by atoms with van der Waals surface area (Å²) in [6.07, 6.45) is 4.47. The van der Waals surface area contributed by atoms with Crippen molar-refractivity contribution in [2.24, 2.45) is 0 Å². The number of hydrogen-bond acceptors (Lipinski definition) is 6. The number of piperazine rings is 1. The number of aromatic nitrogens is 2. The first-order chi connectivity index (χ1) is 9.36. The summed E-state index contributed by atoms with van der Waals surface area (Å²) in [5, 5.41) is 10.5. The third-order valence-corrected chi connectivity index (χ3v) is 4.26. The number of hydrogen-bond donors (Lipinski definition) is 2. The zero-order valence-electron chi connectivity index (χ0n) is 10.9. The molecule has 3 heterocycles. The first-order valence-corrected chi connectivity index (χ1v) is 6.80. The molecule has 2 fully saturated rings. The molecule has 2 aromatic heterocycles. The van der Waals surface area contributed by atoms with Crippen molar-refractivity contribution in [3.05, 3.63) is 12.3 Å². The van der Waals surface area contributed by atoms with Gasteiger partial charge in [0.1, 0.15) is 0 Å². The third-order valence-electron chi connectivity index (χ3n) is 4.26. The molecular weight excluding hydrogens is 242 g/mol. The summed E-state index contributed by atoms with van der Waals surface area (Å²) in [4.78, 5) is 6.93. The molecule has 6 nitrogen and oxygen atoms in total. The van der Waals surface area contributed by atoms with Crippen molar-refractivity contribution in [3.8, 4) is 0 Å². The highest BCUT2D eigenvalue weighted by atomic mass is 16.5. The maximum Gasteiger partial charge on any atom is 0.195 e. The van der Waals surface area contributed by atoms with E-state index in [1.54, 1.807) is 0 Å². The fourth-order valence-electron chi connectivity index (χ4n) is 3.09. The summed E-state index contributed by atoms with van der Waals surface area (Å²) in [6, 6.07) is 3.31. The van der Waals surface area contributed by atoms with Crippen molar-refractivity contribution in [1.82, 2.24) is 15.5 Å². The minimum atomic E-state index is 0.611. The maximum atomic E-state index is 5.33. The minimum Gasteiger partial charge on any atom is -0.369 e. The average Bonchev–Trinajstić information content (AvgIpc) is 2.82. The molecule has 1 aliphatic carbocycles. The lowest BCUT2D eigenvalue weighted by Crippen LogP contribution is -2.63. The van der Waals surface area contributed by atoms with Gasteiger partial charge in [0.25, 0.3) is 0 Å². The monoisotopic (exact) mass is 259 g/mol. The molecular formula is C13H17N5O. The van der Waals surface area contributed by atoms with Gasteiger partial charge in [0.2, 0.25) is 0 Å². The Labute approximate surface area is 111 Å². The molecule has 0 amide bonds. The van der Waals surface area contributed by atoms with Crippen LogP contribution in [0.2, 0.25) is 0 Å². The number of nitrogens with zero attached hydrogens (tertiary/aromatic N) is 3. The van der Waals surface area contributed by atoms with Crippen molar-refractivity contribution >= 4 is 22.6 Å². The van der Waals surface area contributed by atoms with Gasteiger partial charge in [-0.3, -0.25) is 0 Å². The molecule has 2 aromatic rings. The van der Waals surface area contributed by atoms with Crippen LogP contribution >= 0.6 is 0 Å². The topological polar surface area (TPSA) is 66.2 Å². The molecule has 0 radical (unpaired) electrons. The van der Waals surface area contributed by atoms with E-state index in [0.717, 1.165) is 29.9 Å². The van der Waals surface area contributed by atoms with Crippen LogP contribution in [0.3, 0.4) is 0 Å². The molecule has 1 aliphatic heterocycles. The lowest BCUT2D eigenvalue weighted by molar-refractivity contribution is 0.240. The third kappa shape index (κ3) is 1.59. The Morgan fingerprint density at radius 1 is 1.47 bits per heavy atom. The highest BCUT2D eigenvalue weighted by molar-refractivity contribution is 5.85. The lowest BCUT2D eigenvalue weighted by Gasteiger charge is -2.49. The van der Waals surface area contributed by atoms with Gasteiger partial charge in [0.15, 0.2) is 16.9 Å². The second-order valence-corrected chi connectivity index (χ2v) is 5.22. The molecule has 0 spiro atoms. The summed E-state index contributed by atoms with van der Waals surface area (Å²) < 4.78 is 5.33. The smallest absolute Gasteiger partial charge is 0.195 e. The summed E-state index contributed by atoms with van der Waals surface area (Å²) >= 11 is 0. The van der Waals surface area contributed by atoms with Gasteiger partial charge in [-0.25, -0.2) is 4.98 Å². The van der Waals surface area contributed by atoms with E-state index in [1.165, 1.54) is 12.8 Å². The molecule has 1 unspecified atom stereocenters. The quantitative estimate of drug-likeness (QED) is 0.845. The van der Waals surface area contributed by atoms with E-state index in [1.807, 2.05) is 13.2 Å². The van der Waals surface area contributed by atoms with Crippen LogP contribution in [0.25, 0.3) is 11.1 Å². The lowest BCUT2D eigenvalue weighted by atomic mass is 9.83. The predicted molar refractivity (Wildman–Crippen MR) is 73.5 cm³/mol. The van der Waals surface area contributed by atoms with Crippen LogP contribution in [0.1, 0.15) is 12.8 Å². The fraction of sp³-hybridized carbons (Fsp3) is 0.538. The average molecular weight is 259 g/mol. The van der Waals surface area contributed by atoms with Crippen molar-refractivity contribution < 1.29 is 4.52 Å². The number of nitrogens with one attached hydrogen (secondary N) is 2. The van der Waals surface area contributed by atoms with Crippen LogP contribution in [0.5, 0.6) is 0 Å². The van der Waals surface area contributed by atoms with Crippen LogP contribution in [0.15, 0.2) is 16.8 Å². The molecule has 2 atom stereocenters. The Bertz CT molecular complexity index is 610. The van der Waals surface area contributed by atoms with Crippen LogP contribution < -0.4 is 15.5 Å². The van der Waals surface area contributed by atoms with Gasteiger partial charge in [-0.2, -0.15) is 0 Å². The van der Waals surface area contributed by atoms with Gasteiger partial charge >= 0.3 is 0 Å². The zero-order chi connectivity index (χ0) is 12.8. The fourth-order valence-corrected chi connectivity index (χ4v) is 3.09. The van der Waals surface area contributed by atoms with Crippen LogP contribution in [-0.4, -0.2) is 42.4 Å². The number of pyridine rings is 1. The normalized spacial score (nSPS) is 26.1. The van der Waals surface area contributed by atoms with Gasteiger partial charge in [-0.05, 0) is 12.8 Å². The number of fused-ring (bicyclic) bond motifs is 2. The van der Waals surface area contributed by atoms with E-state index >= 15 is 0 Å². The maximum absolute atomic E-state index is 5.33. The molecule has 2 N–H and O–H groups in total. The number of rotatable bonds is 2. The van der Waals surface area contributed by atoms with Gasteiger partial charge < -0.3 is 20.1 Å². The summed E-state index contributed by atoms with van der Waals surface area (Å²) in [7, 11) is 1.82. The molecule has 4 rings (SSSR count). The molecule has 1 saturated heterocycles. The van der Waals surface area contributed by atoms with Crippen molar-refractivity contribution in [2.75, 3.05) is 30.4 Å². The first kappa shape index (κ1) is 11.0. The van der Waals surface area contributed by atoms with Gasteiger partial charge in [0.05, 0.1) is 11.9 Å². The Morgan fingerprint density at radius 3 is 3.21 bits per heavy atom. The molecule has 100 valence electrons. The Kier molecular flexibility index (Phi) is 2.38. The molecule has 6 heteroatoms. The van der Waals surface area contributed by atoms with E-state index in [0.29, 0.717) is 17.9 Å². The molecule has 1 saturated carbocycles. The van der Waals surface area contributed by atoms with Crippen molar-refractivity contribution in [3.63, 3.8) is 0 Å². The van der Waals surface area contributed by atoms with Gasteiger partial charge in [0, 0.05) is 38.3 Å². The predicted octanol–water partition coefficient (Wildman–Crippen LogP) is 1.21. The van der Waals surface area contributed by atoms with Crippen molar-refractivity contribution in [1.29, 1.82) is 0 Å². The second kappa shape index (κ2) is 4.09. The standard InChI is InChI=1S/C13H17N5O/c1-14-13-12-11(19-17-13)6-8(7-16-12)18-5-4-15-9-2-3-10(9)18/h6-7,9-10,15H,2-5H2,1H3,(H,14,17)/t9?,10-/m0/s1. The molecule has 0 aromatic carbocycles. The summed E-state index contributed by atoms with van der Waals surface area (Å²) in [5.74, 6) is 0.698. The van der Waals surface area contributed by atoms with Crippen LogP contribution in [-0.2, 0) is 0 Å². The highest BCUT2D eigenvalue weighted by Gasteiger charge is 2.38. The second-order valence-electron chi connectivity index (χ2n) is 5.22. The Balaban J connectivity index is 1.71. The van der Waals surface area contributed by atoms with E-state index in [4.69, 9.17) is 4.52 Å². The minimum absolute atomic E-state index is 0.611. The van der Waals surface area contributed by atoms with E-state index in [-0.39, 0.29) is 0 Å². The zero-order valence-corrected chi connectivity index (χ0v) is 10.9. The first-order valence-electron chi connectivity index (χ1n) is 6.80. The van der Waals surface area contributed by atoms with Crippen LogP contribution in [0.4, 0.5) is 11.5 Å². The SMILES string of the molecule is CNc1noc2cc(N3CCNC4CC[C@@H]43)cnc12.